The number of hydrogen-bond acceptors (Lipinski definition) is 5. The van der Waals surface area contributed by atoms with Gasteiger partial charge < -0.3 is 21.4 Å². The third-order valence-corrected chi connectivity index (χ3v) is 3.37. The molecule has 6 nitrogen and oxygen atoms in total. The lowest BCUT2D eigenvalue weighted by molar-refractivity contribution is 0.371. The van der Waals surface area contributed by atoms with Gasteiger partial charge in [0.25, 0.3) is 5.56 Å². The second-order valence-electron chi connectivity index (χ2n) is 4.48. The van der Waals surface area contributed by atoms with Crippen LogP contribution in [0.3, 0.4) is 0 Å². The maximum atomic E-state index is 11.3. The number of hydrogen-bond donors (Lipinski definition) is 4. The van der Waals surface area contributed by atoms with Crippen LogP contribution in [0, 0.1) is 0 Å². The van der Waals surface area contributed by atoms with Crippen LogP contribution in [0.4, 0.5) is 11.5 Å². The predicted octanol–water partition coefficient (Wildman–Crippen LogP) is 0.295. The quantitative estimate of drug-likeness (QED) is 0.606. The van der Waals surface area contributed by atoms with Crippen molar-refractivity contribution >= 4 is 11.5 Å². The van der Waals surface area contributed by atoms with Crippen LogP contribution in [-0.4, -0.2) is 29.1 Å². The van der Waals surface area contributed by atoms with E-state index in [9.17, 15) is 4.79 Å². The lowest BCUT2D eigenvalue weighted by Gasteiger charge is -2.29. The summed E-state index contributed by atoms with van der Waals surface area (Å²) < 4.78 is 0. The smallest absolute Gasteiger partial charge is 0.276 e. The first kappa shape index (κ1) is 11.9. The summed E-state index contributed by atoms with van der Waals surface area (Å²) in [5, 5.41) is 6.54. The number of nitrogens with zero attached hydrogens (tertiary/aromatic N) is 1. The van der Waals surface area contributed by atoms with Gasteiger partial charge in [-0.25, -0.2) is 4.98 Å². The second-order valence-corrected chi connectivity index (χ2v) is 4.48. The number of nitrogen functional groups attached to an aromatic ring is 1. The molecule has 0 aromatic carbocycles. The van der Waals surface area contributed by atoms with E-state index in [-0.39, 0.29) is 11.2 Å². The zero-order chi connectivity index (χ0) is 12.3. The lowest BCUT2D eigenvalue weighted by Crippen LogP contribution is -2.35. The van der Waals surface area contributed by atoms with Crippen LogP contribution >= 0.6 is 0 Å². The monoisotopic (exact) mass is 237 g/mol. The van der Waals surface area contributed by atoms with Crippen LogP contribution in [0.15, 0.2) is 11.1 Å². The van der Waals surface area contributed by atoms with Crippen LogP contribution in [0.1, 0.15) is 25.7 Å². The average Bonchev–Trinajstić information content (AvgIpc) is 2.36. The molecule has 0 saturated heterocycles. The molecule has 0 unspecified atom stereocenters. The summed E-state index contributed by atoms with van der Waals surface area (Å²) in [6.07, 6.45) is 5.79. The molecule has 0 amide bonds. The topological polar surface area (TPSA) is 95.8 Å². The molecule has 1 aliphatic rings. The van der Waals surface area contributed by atoms with Crippen molar-refractivity contribution in [3.8, 4) is 0 Å². The predicted molar refractivity (Wildman–Crippen MR) is 68.0 cm³/mol. The summed E-state index contributed by atoms with van der Waals surface area (Å²) in [5.41, 5.74) is 5.56. The molecule has 94 valence electrons. The number of nitrogens with one attached hydrogen (secondary N) is 3. The fourth-order valence-electron chi connectivity index (χ4n) is 2.25. The van der Waals surface area contributed by atoms with Crippen LogP contribution in [-0.2, 0) is 0 Å². The Bertz CT molecular complexity index is 422. The molecular formula is C11H19N5O. The Morgan fingerprint density at radius 2 is 2.00 bits per heavy atom. The van der Waals surface area contributed by atoms with Gasteiger partial charge in [-0.15, -0.1) is 0 Å². The van der Waals surface area contributed by atoms with E-state index in [1.165, 1.54) is 6.33 Å². The zero-order valence-electron chi connectivity index (χ0n) is 9.99. The summed E-state index contributed by atoms with van der Waals surface area (Å²) in [4.78, 5) is 17.8. The SMILES string of the molecule is CNC1CCC(Nc2nc[nH]c(=O)c2N)CC1. The zero-order valence-corrected chi connectivity index (χ0v) is 9.99. The summed E-state index contributed by atoms with van der Waals surface area (Å²) >= 11 is 0. The minimum Gasteiger partial charge on any atom is -0.391 e. The molecule has 0 atom stereocenters. The fraction of sp³-hybridized carbons (Fsp3) is 0.636. The van der Waals surface area contributed by atoms with Crippen molar-refractivity contribution in [3.63, 3.8) is 0 Å². The van der Waals surface area contributed by atoms with Gasteiger partial charge in [0.1, 0.15) is 5.69 Å². The van der Waals surface area contributed by atoms with Gasteiger partial charge in [0, 0.05) is 12.1 Å². The standard InChI is InChI=1S/C11H19N5O/c1-13-7-2-4-8(5-3-7)16-10-9(12)11(17)15-6-14-10/h6-8,13H,2-5,12H2,1H3,(H2,14,15,16,17). The van der Waals surface area contributed by atoms with Crippen molar-refractivity contribution < 1.29 is 0 Å². The summed E-state index contributed by atoms with van der Waals surface area (Å²) in [6, 6.07) is 0.966. The number of rotatable bonds is 3. The molecule has 1 saturated carbocycles. The Labute approximate surface area is 100 Å². The Balaban J connectivity index is 1.98. The maximum Gasteiger partial charge on any atom is 0.276 e. The molecule has 1 fully saturated rings. The van der Waals surface area contributed by atoms with Crippen molar-refractivity contribution in [3.05, 3.63) is 16.7 Å². The molecule has 0 radical (unpaired) electrons. The van der Waals surface area contributed by atoms with E-state index in [1.807, 2.05) is 7.05 Å². The molecule has 1 aromatic rings. The van der Waals surface area contributed by atoms with E-state index in [2.05, 4.69) is 20.6 Å². The first-order chi connectivity index (χ1) is 8.20. The van der Waals surface area contributed by atoms with Crippen molar-refractivity contribution in [1.82, 2.24) is 15.3 Å². The number of nitrogens with two attached hydrogens (primary N) is 1. The van der Waals surface area contributed by atoms with E-state index in [4.69, 9.17) is 5.73 Å². The Morgan fingerprint density at radius 3 is 2.65 bits per heavy atom. The molecule has 5 N–H and O–H groups in total. The summed E-state index contributed by atoms with van der Waals surface area (Å²) in [6.45, 7) is 0. The van der Waals surface area contributed by atoms with E-state index in [0.29, 0.717) is 17.9 Å². The number of H-pyrrole nitrogens is 1. The highest BCUT2D eigenvalue weighted by molar-refractivity contribution is 5.59. The lowest BCUT2D eigenvalue weighted by atomic mass is 9.91. The summed E-state index contributed by atoms with van der Waals surface area (Å²) in [5.74, 6) is 0.502. The van der Waals surface area contributed by atoms with Gasteiger partial charge in [0.15, 0.2) is 5.82 Å². The highest BCUT2D eigenvalue weighted by Crippen LogP contribution is 2.22. The molecule has 0 aliphatic heterocycles. The molecule has 1 aromatic heterocycles. The average molecular weight is 237 g/mol. The van der Waals surface area contributed by atoms with Gasteiger partial charge in [-0.3, -0.25) is 4.79 Å². The first-order valence-corrected chi connectivity index (χ1v) is 5.97. The van der Waals surface area contributed by atoms with Gasteiger partial charge in [-0.2, -0.15) is 0 Å². The van der Waals surface area contributed by atoms with Crippen LogP contribution < -0.4 is 21.9 Å². The largest absolute Gasteiger partial charge is 0.391 e. The van der Waals surface area contributed by atoms with Gasteiger partial charge >= 0.3 is 0 Å². The normalized spacial score (nSPS) is 24.5. The van der Waals surface area contributed by atoms with Gasteiger partial charge in [-0.05, 0) is 32.7 Å². The third-order valence-electron chi connectivity index (χ3n) is 3.37. The Hall–Kier alpha value is -1.56. The van der Waals surface area contributed by atoms with E-state index in [0.717, 1.165) is 25.7 Å². The van der Waals surface area contributed by atoms with Gasteiger partial charge in [-0.1, -0.05) is 0 Å². The van der Waals surface area contributed by atoms with Gasteiger partial charge in [0.05, 0.1) is 6.33 Å². The molecular weight excluding hydrogens is 218 g/mol. The minimum absolute atomic E-state index is 0.170. The highest BCUT2D eigenvalue weighted by atomic mass is 16.1. The molecule has 0 spiro atoms. The van der Waals surface area contributed by atoms with Crippen molar-refractivity contribution in [2.24, 2.45) is 0 Å². The van der Waals surface area contributed by atoms with Crippen LogP contribution in [0.5, 0.6) is 0 Å². The molecule has 0 bridgehead atoms. The molecule has 2 rings (SSSR count). The van der Waals surface area contributed by atoms with Gasteiger partial charge in [0.2, 0.25) is 0 Å². The number of aromatic nitrogens is 2. The number of anilines is 2. The Morgan fingerprint density at radius 1 is 1.35 bits per heavy atom. The molecule has 1 aliphatic carbocycles. The van der Waals surface area contributed by atoms with Crippen LogP contribution in [0.25, 0.3) is 0 Å². The molecule has 6 heteroatoms. The Kier molecular flexibility index (Phi) is 3.63. The van der Waals surface area contributed by atoms with Crippen molar-refractivity contribution in [2.75, 3.05) is 18.1 Å². The van der Waals surface area contributed by atoms with Crippen molar-refractivity contribution in [1.29, 1.82) is 0 Å². The highest BCUT2D eigenvalue weighted by Gasteiger charge is 2.20. The first-order valence-electron chi connectivity index (χ1n) is 5.97. The number of aromatic amines is 1. The fourth-order valence-corrected chi connectivity index (χ4v) is 2.25. The van der Waals surface area contributed by atoms with Crippen molar-refractivity contribution in [2.45, 2.75) is 37.8 Å². The third kappa shape index (κ3) is 2.76. The summed E-state index contributed by atoms with van der Waals surface area (Å²) in [7, 11) is 1.99. The van der Waals surface area contributed by atoms with E-state index in [1.54, 1.807) is 0 Å². The van der Waals surface area contributed by atoms with Crippen LogP contribution in [0.2, 0.25) is 0 Å². The van der Waals surface area contributed by atoms with E-state index >= 15 is 0 Å². The minimum atomic E-state index is -0.286. The molecule has 1 heterocycles. The van der Waals surface area contributed by atoms with E-state index < -0.39 is 0 Å². The molecule has 17 heavy (non-hydrogen) atoms. The second kappa shape index (κ2) is 5.18. The maximum absolute atomic E-state index is 11.3.